The maximum Gasteiger partial charge on any atom is 0.220 e. The standard InChI is InChI=1S/C13H10FNO2.C2H6/c1-8-11(14)6-10(7-15-8)9-2-4-12(16)13(17)5-3-9;1-2/h2-7H,1H3,(H,16,17);1-2H3. The van der Waals surface area contributed by atoms with E-state index in [0.717, 1.165) is 0 Å². The fourth-order valence-corrected chi connectivity index (χ4v) is 1.41. The van der Waals surface area contributed by atoms with Gasteiger partial charge in [0.2, 0.25) is 5.43 Å². The van der Waals surface area contributed by atoms with Crippen LogP contribution in [0.2, 0.25) is 0 Å². The van der Waals surface area contributed by atoms with Crippen LogP contribution in [0.1, 0.15) is 19.5 Å². The second-order valence-corrected chi connectivity index (χ2v) is 3.66. The van der Waals surface area contributed by atoms with E-state index < -0.39 is 11.2 Å². The topological polar surface area (TPSA) is 50.2 Å². The van der Waals surface area contributed by atoms with Gasteiger partial charge in [-0.05, 0) is 30.7 Å². The third-order valence-corrected chi connectivity index (χ3v) is 2.45. The average molecular weight is 261 g/mol. The molecule has 0 aliphatic rings. The normalized spacial score (nSPS) is 9.47. The smallest absolute Gasteiger partial charge is 0.220 e. The molecule has 19 heavy (non-hydrogen) atoms. The van der Waals surface area contributed by atoms with E-state index in [9.17, 15) is 14.3 Å². The van der Waals surface area contributed by atoms with Gasteiger partial charge in [0.25, 0.3) is 0 Å². The lowest BCUT2D eigenvalue weighted by atomic mass is 10.1. The Kier molecular flexibility index (Phi) is 5.18. The van der Waals surface area contributed by atoms with Gasteiger partial charge in [0.15, 0.2) is 5.75 Å². The zero-order valence-corrected chi connectivity index (χ0v) is 11.1. The van der Waals surface area contributed by atoms with E-state index >= 15 is 0 Å². The molecule has 4 heteroatoms. The second-order valence-electron chi connectivity index (χ2n) is 3.66. The minimum atomic E-state index is -0.475. The van der Waals surface area contributed by atoms with E-state index in [4.69, 9.17) is 0 Å². The molecule has 0 saturated carbocycles. The SMILES string of the molecule is CC.Cc1ncc(-c2ccc(O)c(=O)cc2)cc1F. The fourth-order valence-electron chi connectivity index (χ4n) is 1.41. The Morgan fingerprint density at radius 1 is 1.11 bits per heavy atom. The van der Waals surface area contributed by atoms with Crippen LogP contribution in [0.5, 0.6) is 5.75 Å². The Labute approximate surface area is 111 Å². The van der Waals surface area contributed by atoms with Crippen LogP contribution in [0.4, 0.5) is 4.39 Å². The van der Waals surface area contributed by atoms with E-state index in [2.05, 4.69) is 4.98 Å². The molecule has 2 rings (SSSR count). The third-order valence-electron chi connectivity index (χ3n) is 2.45. The molecule has 0 fully saturated rings. The minimum Gasteiger partial charge on any atom is -0.504 e. The van der Waals surface area contributed by atoms with Gasteiger partial charge in [-0.15, -0.1) is 0 Å². The Hall–Kier alpha value is -2.23. The number of rotatable bonds is 1. The van der Waals surface area contributed by atoms with Crippen molar-refractivity contribution in [2.45, 2.75) is 20.8 Å². The third kappa shape index (κ3) is 3.61. The first-order valence-electron chi connectivity index (χ1n) is 6.04. The molecule has 0 radical (unpaired) electrons. The molecule has 0 atom stereocenters. The van der Waals surface area contributed by atoms with Crippen molar-refractivity contribution in [1.82, 2.24) is 4.98 Å². The molecule has 1 aromatic heterocycles. The summed E-state index contributed by atoms with van der Waals surface area (Å²) >= 11 is 0. The quantitative estimate of drug-likeness (QED) is 0.857. The van der Waals surface area contributed by atoms with Crippen LogP contribution in [0.25, 0.3) is 11.1 Å². The van der Waals surface area contributed by atoms with Gasteiger partial charge < -0.3 is 5.11 Å². The summed E-state index contributed by atoms with van der Waals surface area (Å²) in [5, 5.41) is 9.25. The molecule has 2 aromatic rings. The lowest BCUT2D eigenvalue weighted by Crippen LogP contribution is -1.91. The first kappa shape index (κ1) is 14.8. The summed E-state index contributed by atoms with van der Waals surface area (Å²) in [5.41, 5.74) is 1.02. The molecule has 100 valence electrons. The number of pyridine rings is 1. The highest BCUT2D eigenvalue weighted by Gasteiger charge is 2.03. The van der Waals surface area contributed by atoms with E-state index in [1.807, 2.05) is 13.8 Å². The number of aromatic hydroxyl groups is 1. The van der Waals surface area contributed by atoms with Crippen molar-refractivity contribution in [3.05, 3.63) is 58.3 Å². The number of hydrogen-bond donors (Lipinski definition) is 1. The maximum atomic E-state index is 13.3. The van der Waals surface area contributed by atoms with Crippen LogP contribution >= 0.6 is 0 Å². The summed E-state index contributed by atoms with van der Waals surface area (Å²) in [6.45, 7) is 5.58. The molecule has 0 bridgehead atoms. The van der Waals surface area contributed by atoms with Crippen molar-refractivity contribution in [1.29, 1.82) is 0 Å². The molecule has 1 aromatic carbocycles. The zero-order valence-electron chi connectivity index (χ0n) is 11.1. The summed E-state index contributed by atoms with van der Waals surface area (Å²) in [7, 11) is 0. The van der Waals surface area contributed by atoms with Gasteiger partial charge in [0.1, 0.15) is 5.82 Å². The molecule has 1 heterocycles. The van der Waals surface area contributed by atoms with Gasteiger partial charge in [-0.3, -0.25) is 9.78 Å². The average Bonchev–Trinajstić information content (AvgIpc) is 2.59. The zero-order chi connectivity index (χ0) is 14.4. The van der Waals surface area contributed by atoms with Gasteiger partial charge in [-0.2, -0.15) is 0 Å². The highest BCUT2D eigenvalue weighted by atomic mass is 19.1. The van der Waals surface area contributed by atoms with Crippen LogP contribution in [-0.4, -0.2) is 10.1 Å². The lowest BCUT2D eigenvalue weighted by Gasteiger charge is -2.00. The van der Waals surface area contributed by atoms with Gasteiger partial charge in [-0.1, -0.05) is 26.0 Å². The van der Waals surface area contributed by atoms with Crippen molar-refractivity contribution < 1.29 is 9.50 Å². The molecule has 0 amide bonds. The van der Waals surface area contributed by atoms with Crippen molar-refractivity contribution in [3.63, 3.8) is 0 Å². The van der Waals surface area contributed by atoms with Crippen LogP contribution in [0.3, 0.4) is 0 Å². The molecule has 3 nitrogen and oxygen atoms in total. The minimum absolute atomic E-state index is 0.321. The monoisotopic (exact) mass is 261 g/mol. The molecule has 0 aliphatic heterocycles. The van der Waals surface area contributed by atoms with E-state index in [0.29, 0.717) is 16.8 Å². The van der Waals surface area contributed by atoms with Crippen LogP contribution < -0.4 is 5.43 Å². The number of nitrogens with zero attached hydrogens (tertiary/aromatic N) is 1. The molecule has 0 spiro atoms. The Morgan fingerprint density at radius 3 is 2.37 bits per heavy atom. The van der Waals surface area contributed by atoms with E-state index in [-0.39, 0.29) is 5.75 Å². The van der Waals surface area contributed by atoms with Crippen molar-refractivity contribution in [3.8, 4) is 16.9 Å². The summed E-state index contributed by atoms with van der Waals surface area (Å²) in [5.74, 6) is -0.739. The highest BCUT2D eigenvalue weighted by molar-refractivity contribution is 5.62. The first-order chi connectivity index (χ1) is 9.08. The van der Waals surface area contributed by atoms with Gasteiger partial charge >= 0.3 is 0 Å². The van der Waals surface area contributed by atoms with Crippen LogP contribution in [0.15, 0.2) is 41.3 Å². The van der Waals surface area contributed by atoms with E-state index in [1.165, 1.54) is 30.5 Å². The van der Waals surface area contributed by atoms with Crippen LogP contribution in [0, 0.1) is 12.7 Å². The molecular formula is C15H16FNO2. The lowest BCUT2D eigenvalue weighted by molar-refractivity contribution is 0.471. The largest absolute Gasteiger partial charge is 0.504 e. The molecule has 1 N–H and O–H groups in total. The van der Waals surface area contributed by atoms with Crippen LogP contribution in [-0.2, 0) is 0 Å². The Morgan fingerprint density at radius 2 is 1.74 bits per heavy atom. The number of aryl methyl sites for hydroxylation is 1. The Balaban J connectivity index is 0.000000861. The van der Waals surface area contributed by atoms with Gasteiger partial charge in [0.05, 0.1) is 5.69 Å². The summed E-state index contributed by atoms with van der Waals surface area (Å²) in [4.78, 5) is 15.1. The predicted molar refractivity (Wildman–Crippen MR) is 73.7 cm³/mol. The van der Waals surface area contributed by atoms with Gasteiger partial charge in [-0.25, -0.2) is 4.39 Å². The number of hydrogen-bond acceptors (Lipinski definition) is 3. The highest BCUT2D eigenvalue weighted by Crippen LogP contribution is 2.19. The maximum absolute atomic E-state index is 13.3. The van der Waals surface area contributed by atoms with E-state index in [1.54, 1.807) is 13.0 Å². The first-order valence-corrected chi connectivity index (χ1v) is 6.04. The fraction of sp³-hybridized carbons (Fsp3) is 0.200. The molecule has 0 aliphatic carbocycles. The molecule has 0 saturated heterocycles. The summed E-state index contributed by atoms with van der Waals surface area (Å²) < 4.78 is 13.3. The predicted octanol–water partition coefficient (Wildman–Crippen LogP) is 3.29. The summed E-state index contributed by atoms with van der Waals surface area (Å²) in [6.07, 6.45) is 1.52. The van der Waals surface area contributed by atoms with Crippen molar-refractivity contribution >= 4 is 0 Å². The van der Waals surface area contributed by atoms with Crippen molar-refractivity contribution in [2.24, 2.45) is 0 Å². The van der Waals surface area contributed by atoms with Crippen molar-refractivity contribution in [2.75, 3.05) is 0 Å². The Bertz CT molecular complexity index is 627. The summed E-state index contributed by atoms with van der Waals surface area (Å²) in [6, 6.07) is 6.94. The molecule has 0 unspecified atom stereocenters. The number of halogens is 1. The second kappa shape index (κ2) is 6.64. The number of aromatic nitrogens is 1. The van der Waals surface area contributed by atoms with Gasteiger partial charge in [0, 0.05) is 11.8 Å². The molecular weight excluding hydrogens is 245 g/mol.